The van der Waals surface area contributed by atoms with E-state index < -0.39 is 0 Å². The Hall–Kier alpha value is -1.69. The van der Waals surface area contributed by atoms with E-state index in [1.165, 1.54) is 0 Å². The number of nitrogens with two attached hydrogens (primary N) is 1. The van der Waals surface area contributed by atoms with Crippen molar-refractivity contribution in [2.24, 2.45) is 5.73 Å². The van der Waals surface area contributed by atoms with Gasteiger partial charge in [-0.1, -0.05) is 20.8 Å². The molecule has 6 heteroatoms. The van der Waals surface area contributed by atoms with Crippen LogP contribution in [-0.4, -0.2) is 35.3 Å². The quantitative estimate of drug-likeness (QED) is 0.790. The van der Waals surface area contributed by atoms with Crippen molar-refractivity contribution < 1.29 is 14.0 Å². The van der Waals surface area contributed by atoms with Gasteiger partial charge in [0.1, 0.15) is 5.76 Å². The highest BCUT2D eigenvalue weighted by Gasteiger charge is 2.24. The molecule has 6 nitrogen and oxygen atoms in total. The van der Waals surface area contributed by atoms with Gasteiger partial charge in [-0.05, 0) is 19.9 Å². The highest BCUT2D eigenvalue weighted by atomic mass is 16.4. The Morgan fingerprint density at radius 1 is 1.45 bits per heavy atom. The van der Waals surface area contributed by atoms with Crippen LogP contribution in [0.15, 0.2) is 4.42 Å². The number of aromatic nitrogens is 1. The number of hydrogen-bond acceptors (Lipinski definition) is 5. The number of nitrogens with zero attached hydrogens (tertiary/aromatic N) is 2. The Morgan fingerprint density at radius 2 is 2.10 bits per heavy atom. The van der Waals surface area contributed by atoms with Crippen LogP contribution >= 0.6 is 0 Å². The van der Waals surface area contributed by atoms with Crippen molar-refractivity contribution in [1.29, 1.82) is 0 Å². The fourth-order valence-electron chi connectivity index (χ4n) is 1.65. The third-order valence-electron chi connectivity index (χ3n) is 2.90. The van der Waals surface area contributed by atoms with E-state index in [0.717, 1.165) is 4.90 Å². The summed E-state index contributed by atoms with van der Waals surface area (Å²) in [4.78, 5) is 28.4. The third-order valence-corrected chi connectivity index (χ3v) is 2.90. The lowest BCUT2D eigenvalue weighted by Gasteiger charge is -2.14. The minimum Gasteiger partial charge on any atom is -0.444 e. The number of carbonyl (C=O) groups is 2. The Morgan fingerprint density at radius 3 is 2.55 bits per heavy atom. The first-order valence-corrected chi connectivity index (χ1v) is 6.71. The van der Waals surface area contributed by atoms with Crippen LogP contribution < -0.4 is 5.73 Å². The molecule has 1 aromatic heterocycles. The first-order chi connectivity index (χ1) is 9.29. The van der Waals surface area contributed by atoms with Crippen molar-refractivity contribution in [3.8, 4) is 0 Å². The molecule has 0 aliphatic carbocycles. The molecule has 1 heterocycles. The second kappa shape index (κ2) is 6.65. The Bertz CT molecular complexity index is 474. The van der Waals surface area contributed by atoms with E-state index in [0.29, 0.717) is 43.3 Å². The van der Waals surface area contributed by atoms with Gasteiger partial charge in [0.2, 0.25) is 12.3 Å². The number of rotatable bonds is 6. The number of aryl methyl sites for hydroxylation is 1. The van der Waals surface area contributed by atoms with E-state index in [4.69, 9.17) is 10.2 Å². The highest BCUT2D eigenvalue weighted by molar-refractivity contribution is 5.87. The minimum atomic E-state index is -0.298. The summed E-state index contributed by atoms with van der Waals surface area (Å²) in [6.45, 7) is 8.53. The van der Waals surface area contributed by atoms with Crippen LogP contribution in [0.1, 0.15) is 44.5 Å². The van der Waals surface area contributed by atoms with Gasteiger partial charge >= 0.3 is 0 Å². The van der Waals surface area contributed by atoms with Crippen molar-refractivity contribution in [2.45, 2.75) is 46.0 Å². The van der Waals surface area contributed by atoms with E-state index in [-0.39, 0.29) is 17.7 Å². The zero-order valence-electron chi connectivity index (χ0n) is 12.6. The van der Waals surface area contributed by atoms with Crippen molar-refractivity contribution in [1.82, 2.24) is 9.88 Å². The molecule has 0 saturated carbocycles. The topological polar surface area (TPSA) is 89.4 Å². The fourth-order valence-corrected chi connectivity index (χ4v) is 1.65. The van der Waals surface area contributed by atoms with Crippen molar-refractivity contribution in [3.63, 3.8) is 0 Å². The molecule has 0 aromatic carbocycles. The van der Waals surface area contributed by atoms with Gasteiger partial charge < -0.3 is 10.2 Å². The Labute approximate surface area is 119 Å². The van der Waals surface area contributed by atoms with E-state index in [1.54, 1.807) is 6.92 Å². The van der Waals surface area contributed by atoms with Crippen molar-refractivity contribution >= 4 is 12.3 Å². The first kappa shape index (κ1) is 16.4. The summed E-state index contributed by atoms with van der Waals surface area (Å²) in [5, 5.41) is 0. The van der Waals surface area contributed by atoms with Gasteiger partial charge in [0.15, 0.2) is 5.89 Å². The van der Waals surface area contributed by atoms with E-state index in [9.17, 15) is 9.59 Å². The van der Waals surface area contributed by atoms with Gasteiger partial charge in [-0.25, -0.2) is 4.98 Å². The Kier molecular flexibility index (Phi) is 5.44. The van der Waals surface area contributed by atoms with E-state index in [2.05, 4.69) is 4.98 Å². The molecule has 0 aliphatic rings. The van der Waals surface area contributed by atoms with Crippen molar-refractivity contribution in [3.05, 3.63) is 17.3 Å². The van der Waals surface area contributed by atoms with Crippen LogP contribution in [-0.2, 0) is 21.4 Å². The molecule has 2 amide bonds. The lowest BCUT2D eigenvalue weighted by Crippen LogP contribution is -2.32. The van der Waals surface area contributed by atoms with Gasteiger partial charge in [-0.15, -0.1) is 0 Å². The molecule has 0 fully saturated rings. The van der Waals surface area contributed by atoms with Crippen LogP contribution in [0, 0.1) is 6.92 Å². The lowest BCUT2D eigenvalue weighted by molar-refractivity contribution is -0.137. The normalized spacial score (nSPS) is 11.4. The zero-order valence-corrected chi connectivity index (χ0v) is 12.6. The molecular weight excluding hydrogens is 258 g/mol. The molecule has 0 unspecified atom stereocenters. The molecule has 0 bridgehead atoms. The molecule has 0 aliphatic heterocycles. The summed E-state index contributed by atoms with van der Waals surface area (Å²) >= 11 is 0. The third kappa shape index (κ3) is 4.16. The van der Waals surface area contributed by atoms with Crippen LogP contribution in [0.5, 0.6) is 0 Å². The van der Waals surface area contributed by atoms with Gasteiger partial charge in [-0.3, -0.25) is 14.5 Å². The summed E-state index contributed by atoms with van der Waals surface area (Å²) < 4.78 is 5.65. The largest absolute Gasteiger partial charge is 0.444 e. The van der Waals surface area contributed by atoms with E-state index in [1.807, 2.05) is 20.8 Å². The number of oxazole rings is 1. The summed E-state index contributed by atoms with van der Waals surface area (Å²) in [7, 11) is 0. The predicted molar refractivity (Wildman–Crippen MR) is 75.1 cm³/mol. The van der Waals surface area contributed by atoms with Crippen LogP contribution in [0.2, 0.25) is 0 Å². The zero-order chi connectivity index (χ0) is 15.3. The monoisotopic (exact) mass is 281 g/mol. The number of amides is 2. The van der Waals surface area contributed by atoms with Crippen LogP contribution in [0.25, 0.3) is 0 Å². The standard InChI is InChI=1S/C14H23N3O3/c1-10-11(20-13(16-10)14(2,3)4)8-12(19)17(9-18)7-5-6-15/h9H,5-8,15H2,1-4H3. The summed E-state index contributed by atoms with van der Waals surface area (Å²) in [5.74, 6) is 0.810. The molecule has 112 valence electrons. The smallest absolute Gasteiger partial charge is 0.236 e. The van der Waals surface area contributed by atoms with Crippen LogP contribution in [0.3, 0.4) is 0 Å². The maximum Gasteiger partial charge on any atom is 0.236 e. The molecule has 0 atom stereocenters. The van der Waals surface area contributed by atoms with Gasteiger partial charge in [-0.2, -0.15) is 0 Å². The van der Waals surface area contributed by atoms with Crippen LogP contribution in [0.4, 0.5) is 0 Å². The first-order valence-electron chi connectivity index (χ1n) is 6.71. The summed E-state index contributed by atoms with van der Waals surface area (Å²) in [5.41, 5.74) is 5.85. The lowest BCUT2D eigenvalue weighted by atomic mass is 9.97. The summed E-state index contributed by atoms with van der Waals surface area (Å²) in [6.07, 6.45) is 1.17. The molecule has 1 aromatic rings. The summed E-state index contributed by atoms with van der Waals surface area (Å²) in [6, 6.07) is 0. The molecule has 2 N–H and O–H groups in total. The number of imide groups is 1. The molecule has 0 radical (unpaired) electrons. The second-order valence-electron chi connectivity index (χ2n) is 5.79. The van der Waals surface area contributed by atoms with Gasteiger partial charge in [0.05, 0.1) is 12.1 Å². The molecule has 0 saturated heterocycles. The second-order valence-corrected chi connectivity index (χ2v) is 5.79. The number of hydrogen-bond donors (Lipinski definition) is 1. The number of carbonyl (C=O) groups excluding carboxylic acids is 2. The molecular formula is C14H23N3O3. The maximum atomic E-state index is 12.0. The maximum absolute atomic E-state index is 12.0. The van der Waals surface area contributed by atoms with Gasteiger partial charge in [0.25, 0.3) is 0 Å². The minimum absolute atomic E-state index is 0.0399. The molecule has 20 heavy (non-hydrogen) atoms. The fraction of sp³-hybridized carbons (Fsp3) is 0.643. The van der Waals surface area contributed by atoms with Crippen molar-refractivity contribution in [2.75, 3.05) is 13.1 Å². The molecule has 1 rings (SSSR count). The van der Waals surface area contributed by atoms with E-state index >= 15 is 0 Å². The average Bonchev–Trinajstić information content (AvgIpc) is 2.72. The SMILES string of the molecule is Cc1nc(C(C)(C)C)oc1CC(=O)N(C=O)CCCN. The van der Waals surface area contributed by atoms with Gasteiger partial charge in [0, 0.05) is 12.0 Å². The molecule has 0 spiro atoms. The Balaban J connectivity index is 2.79. The average molecular weight is 281 g/mol. The predicted octanol–water partition coefficient (Wildman–Crippen LogP) is 1.16. The highest BCUT2D eigenvalue weighted by Crippen LogP contribution is 2.24.